The van der Waals surface area contributed by atoms with Crippen molar-refractivity contribution in [2.75, 3.05) is 11.9 Å². The molecular formula is C13H24N4OS. The maximum atomic E-state index is 11.6. The summed E-state index contributed by atoms with van der Waals surface area (Å²) in [5.74, 6) is 0.909. The molecule has 1 aromatic rings. The van der Waals surface area contributed by atoms with Crippen molar-refractivity contribution < 1.29 is 4.79 Å². The van der Waals surface area contributed by atoms with Crippen LogP contribution < -0.4 is 10.6 Å². The van der Waals surface area contributed by atoms with E-state index < -0.39 is 0 Å². The van der Waals surface area contributed by atoms with Crippen molar-refractivity contribution in [1.29, 1.82) is 0 Å². The third-order valence-electron chi connectivity index (χ3n) is 2.74. The number of amides is 1. The van der Waals surface area contributed by atoms with E-state index in [4.69, 9.17) is 0 Å². The van der Waals surface area contributed by atoms with Gasteiger partial charge in [-0.15, -0.1) is 0 Å². The van der Waals surface area contributed by atoms with Crippen LogP contribution in [0.1, 0.15) is 53.3 Å². The Labute approximate surface area is 119 Å². The topological polar surface area (TPSA) is 66.9 Å². The Bertz CT molecular complexity index is 411. The van der Waals surface area contributed by atoms with Gasteiger partial charge in [0.25, 0.3) is 0 Å². The summed E-state index contributed by atoms with van der Waals surface area (Å²) in [6, 6.07) is 0.238. The number of rotatable bonds is 6. The average molecular weight is 284 g/mol. The van der Waals surface area contributed by atoms with Crippen LogP contribution in [0.25, 0.3) is 0 Å². The summed E-state index contributed by atoms with van der Waals surface area (Å²) in [5.41, 5.74) is -0.0373. The molecule has 0 aliphatic heterocycles. The molecule has 1 amide bonds. The zero-order valence-corrected chi connectivity index (χ0v) is 13.2. The van der Waals surface area contributed by atoms with Gasteiger partial charge in [0.15, 0.2) is 0 Å². The second kappa shape index (κ2) is 6.84. The number of hydrogen-bond donors (Lipinski definition) is 2. The average Bonchev–Trinajstić information content (AvgIpc) is 2.77. The molecule has 0 radical (unpaired) electrons. The Morgan fingerprint density at radius 3 is 2.63 bits per heavy atom. The van der Waals surface area contributed by atoms with E-state index in [0.29, 0.717) is 13.0 Å². The van der Waals surface area contributed by atoms with E-state index in [-0.39, 0.29) is 17.4 Å². The first-order chi connectivity index (χ1) is 8.82. The van der Waals surface area contributed by atoms with Crippen molar-refractivity contribution >= 4 is 22.6 Å². The Morgan fingerprint density at radius 1 is 1.42 bits per heavy atom. The highest BCUT2D eigenvalue weighted by Gasteiger charge is 2.19. The SMILES string of the molecule is CCC(C)NC(=O)CCNc1nc(C(C)(C)C)ns1. The van der Waals surface area contributed by atoms with Crippen LogP contribution in [0, 0.1) is 0 Å². The van der Waals surface area contributed by atoms with Crippen molar-refractivity contribution in [3.63, 3.8) is 0 Å². The molecule has 0 aliphatic carbocycles. The van der Waals surface area contributed by atoms with Gasteiger partial charge in [-0.1, -0.05) is 27.7 Å². The normalized spacial score (nSPS) is 13.1. The first-order valence-corrected chi connectivity index (χ1v) is 7.47. The molecule has 2 N–H and O–H groups in total. The first kappa shape index (κ1) is 15.9. The van der Waals surface area contributed by atoms with Crippen LogP contribution in [0.15, 0.2) is 0 Å². The fourth-order valence-electron chi connectivity index (χ4n) is 1.33. The van der Waals surface area contributed by atoms with Gasteiger partial charge in [0.2, 0.25) is 11.0 Å². The third-order valence-corrected chi connectivity index (χ3v) is 3.42. The zero-order valence-electron chi connectivity index (χ0n) is 12.4. The highest BCUT2D eigenvalue weighted by Crippen LogP contribution is 2.22. The number of carbonyl (C=O) groups excluding carboxylic acids is 1. The predicted octanol–water partition coefficient (Wildman–Crippen LogP) is 2.55. The Hall–Kier alpha value is -1.17. The maximum Gasteiger partial charge on any atom is 0.221 e. The zero-order chi connectivity index (χ0) is 14.5. The first-order valence-electron chi connectivity index (χ1n) is 6.70. The van der Waals surface area contributed by atoms with Crippen molar-refractivity contribution in [1.82, 2.24) is 14.7 Å². The lowest BCUT2D eigenvalue weighted by Crippen LogP contribution is -2.32. The van der Waals surface area contributed by atoms with E-state index in [1.165, 1.54) is 11.5 Å². The molecule has 19 heavy (non-hydrogen) atoms. The molecule has 1 aromatic heterocycles. The van der Waals surface area contributed by atoms with Gasteiger partial charge in [0, 0.05) is 36.0 Å². The Kier molecular flexibility index (Phi) is 5.72. The second-order valence-electron chi connectivity index (χ2n) is 5.73. The van der Waals surface area contributed by atoms with Crippen LogP contribution in [0.4, 0.5) is 5.13 Å². The number of aromatic nitrogens is 2. The van der Waals surface area contributed by atoms with E-state index in [1.54, 1.807) is 0 Å². The minimum atomic E-state index is -0.0373. The fourth-order valence-corrected chi connectivity index (χ4v) is 2.11. The number of nitrogens with one attached hydrogen (secondary N) is 2. The molecule has 1 heterocycles. The fraction of sp³-hybridized carbons (Fsp3) is 0.769. The van der Waals surface area contributed by atoms with Crippen LogP contribution in [-0.4, -0.2) is 27.9 Å². The predicted molar refractivity (Wildman–Crippen MR) is 79.6 cm³/mol. The largest absolute Gasteiger partial charge is 0.360 e. The minimum absolute atomic E-state index is 0.0373. The highest BCUT2D eigenvalue weighted by molar-refractivity contribution is 7.09. The molecular weight excluding hydrogens is 260 g/mol. The van der Waals surface area contributed by atoms with E-state index in [0.717, 1.165) is 17.4 Å². The van der Waals surface area contributed by atoms with Gasteiger partial charge in [0.1, 0.15) is 5.82 Å². The monoisotopic (exact) mass is 284 g/mol. The smallest absolute Gasteiger partial charge is 0.221 e. The summed E-state index contributed by atoms with van der Waals surface area (Å²) in [5, 5.41) is 6.86. The molecule has 0 fully saturated rings. The van der Waals surface area contributed by atoms with Crippen LogP contribution >= 0.6 is 11.5 Å². The molecule has 1 unspecified atom stereocenters. The standard InChI is InChI=1S/C13H24N4OS/c1-6-9(2)15-10(18)7-8-14-12-16-11(17-19-12)13(3,4)5/h9H,6-8H2,1-5H3,(H,15,18)(H,14,16,17). The van der Waals surface area contributed by atoms with Gasteiger partial charge in [-0.25, -0.2) is 4.98 Å². The lowest BCUT2D eigenvalue weighted by atomic mass is 9.96. The molecule has 0 aliphatic rings. The third kappa shape index (κ3) is 5.55. The number of nitrogens with zero attached hydrogens (tertiary/aromatic N) is 2. The molecule has 1 atom stereocenters. The van der Waals surface area contributed by atoms with E-state index in [2.05, 4.69) is 47.7 Å². The van der Waals surface area contributed by atoms with Crippen LogP contribution in [0.2, 0.25) is 0 Å². The lowest BCUT2D eigenvalue weighted by Gasteiger charge is -2.12. The van der Waals surface area contributed by atoms with Crippen molar-refractivity contribution in [2.45, 2.75) is 58.9 Å². The van der Waals surface area contributed by atoms with E-state index in [9.17, 15) is 4.79 Å². The molecule has 0 saturated heterocycles. The molecule has 108 valence electrons. The molecule has 5 nitrogen and oxygen atoms in total. The van der Waals surface area contributed by atoms with Crippen molar-refractivity contribution in [2.24, 2.45) is 0 Å². The molecule has 1 rings (SSSR count). The van der Waals surface area contributed by atoms with Gasteiger partial charge >= 0.3 is 0 Å². The quantitative estimate of drug-likeness (QED) is 0.842. The molecule has 6 heteroatoms. The van der Waals surface area contributed by atoms with Crippen LogP contribution in [0.5, 0.6) is 0 Å². The molecule has 0 aromatic carbocycles. The summed E-state index contributed by atoms with van der Waals surface area (Å²) in [7, 11) is 0. The molecule has 0 saturated carbocycles. The van der Waals surface area contributed by atoms with E-state index >= 15 is 0 Å². The number of anilines is 1. The summed E-state index contributed by atoms with van der Waals surface area (Å²) in [6.45, 7) is 10.9. The summed E-state index contributed by atoms with van der Waals surface area (Å²) < 4.78 is 4.31. The summed E-state index contributed by atoms with van der Waals surface area (Å²) in [4.78, 5) is 16.0. The van der Waals surface area contributed by atoms with Gasteiger partial charge in [-0.3, -0.25) is 4.79 Å². The lowest BCUT2D eigenvalue weighted by molar-refractivity contribution is -0.121. The Morgan fingerprint density at radius 2 is 2.11 bits per heavy atom. The van der Waals surface area contributed by atoms with Gasteiger partial charge in [0.05, 0.1) is 0 Å². The van der Waals surface area contributed by atoms with Crippen molar-refractivity contribution in [3.8, 4) is 0 Å². The molecule has 0 bridgehead atoms. The maximum absolute atomic E-state index is 11.6. The number of hydrogen-bond acceptors (Lipinski definition) is 5. The minimum Gasteiger partial charge on any atom is -0.360 e. The van der Waals surface area contributed by atoms with Gasteiger partial charge < -0.3 is 10.6 Å². The van der Waals surface area contributed by atoms with E-state index in [1.807, 2.05) is 6.92 Å². The highest BCUT2D eigenvalue weighted by atomic mass is 32.1. The van der Waals surface area contributed by atoms with Gasteiger partial charge in [-0.2, -0.15) is 4.37 Å². The summed E-state index contributed by atoms with van der Waals surface area (Å²) in [6.07, 6.45) is 1.40. The van der Waals surface area contributed by atoms with Crippen LogP contribution in [-0.2, 0) is 10.2 Å². The Balaban J connectivity index is 2.34. The van der Waals surface area contributed by atoms with Gasteiger partial charge in [-0.05, 0) is 13.3 Å². The second-order valence-corrected chi connectivity index (χ2v) is 6.48. The van der Waals surface area contributed by atoms with Crippen molar-refractivity contribution in [3.05, 3.63) is 5.82 Å². The van der Waals surface area contributed by atoms with Crippen LogP contribution in [0.3, 0.4) is 0 Å². The summed E-state index contributed by atoms with van der Waals surface area (Å²) >= 11 is 1.34. The number of carbonyl (C=O) groups is 1. The molecule has 0 spiro atoms.